The van der Waals surface area contributed by atoms with Gasteiger partial charge in [0.1, 0.15) is 5.75 Å². The van der Waals surface area contributed by atoms with Crippen molar-refractivity contribution in [3.63, 3.8) is 0 Å². The van der Waals surface area contributed by atoms with Gasteiger partial charge in [-0.15, -0.1) is 0 Å². The van der Waals surface area contributed by atoms with Crippen molar-refractivity contribution < 1.29 is 27.5 Å². The lowest BCUT2D eigenvalue weighted by molar-refractivity contribution is -0.160. The number of hydrogen-bond acceptors (Lipinski definition) is 7. The third-order valence-electron chi connectivity index (χ3n) is 11.2. The van der Waals surface area contributed by atoms with Crippen LogP contribution >= 0.6 is 11.6 Å². The van der Waals surface area contributed by atoms with E-state index in [-0.39, 0.29) is 34.6 Å². The molecule has 1 saturated carbocycles. The van der Waals surface area contributed by atoms with Gasteiger partial charge in [-0.05, 0) is 105 Å². The molecule has 0 saturated heterocycles. The van der Waals surface area contributed by atoms with Gasteiger partial charge in [0.05, 0.1) is 17.5 Å². The molecule has 6 rings (SSSR count). The molecular formula is C36H46ClN3O6S. The number of nitrogens with one attached hydrogen (secondary N) is 1. The zero-order valence-electron chi connectivity index (χ0n) is 27.9. The quantitative estimate of drug-likeness (QED) is 0.425. The number of nitrogens with zero attached hydrogens (tertiary/aromatic N) is 2. The maximum atomic E-state index is 13.9. The van der Waals surface area contributed by atoms with Gasteiger partial charge in [-0.2, -0.15) is 0 Å². The number of allylic oxidation sites excluding steroid dienone is 1. The molecule has 1 spiro atoms. The fourth-order valence-corrected chi connectivity index (χ4v) is 9.62. The minimum Gasteiger partial charge on any atom is -0.490 e. The summed E-state index contributed by atoms with van der Waals surface area (Å²) in [7, 11) is 1.06. The predicted octanol–water partition coefficient (Wildman–Crippen LogP) is 5.36. The standard InChI is InChI=1S/C36H46ClN3O6S/c1-23-8-6-17-36(45-5,34(42)39(3)4)30-13-10-27(30)20-40-21-35(16-7-9-25-18-28(37)12-14-29(25)35)22-46-32-15-11-26(19-31(32)40)33(41)38-47(43,44)24(23)2/h6,11-12,14-15,17-19,23-24,27,30H,7-10,13,16,20-22H2,1-5H3,(H,38,41)/b17-6+/t23-,24+,27-,30+,35-,36-/m0/s1. The van der Waals surface area contributed by atoms with Gasteiger partial charge in [0.2, 0.25) is 10.0 Å². The molecule has 6 atom stereocenters. The lowest BCUT2D eigenvalue weighted by Gasteiger charge is -2.50. The van der Waals surface area contributed by atoms with Crippen LogP contribution in [0.3, 0.4) is 0 Å². The number of fused-ring (bicyclic) bond motifs is 4. The fourth-order valence-electron chi connectivity index (χ4n) is 8.14. The Morgan fingerprint density at radius 2 is 1.94 bits per heavy atom. The van der Waals surface area contributed by atoms with Crippen molar-refractivity contribution in [2.45, 2.75) is 68.6 Å². The monoisotopic (exact) mass is 683 g/mol. The van der Waals surface area contributed by atoms with E-state index in [0.29, 0.717) is 36.9 Å². The highest BCUT2D eigenvalue weighted by Gasteiger charge is 2.53. The number of likely N-dealkylation sites (N-methyl/N-ethyl adjacent to an activating group) is 1. The van der Waals surface area contributed by atoms with Gasteiger partial charge in [0, 0.05) is 56.2 Å². The van der Waals surface area contributed by atoms with Gasteiger partial charge in [-0.3, -0.25) is 9.59 Å². The maximum Gasteiger partial charge on any atom is 0.264 e. The van der Waals surface area contributed by atoms with Crippen molar-refractivity contribution in [2.75, 3.05) is 45.8 Å². The molecule has 9 nitrogen and oxygen atoms in total. The second kappa shape index (κ2) is 12.7. The molecule has 47 heavy (non-hydrogen) atoms. The van der Waals surface area contributed by atoms with Crippen LogP contribution in [-0.2, 0) is 31.4 Å². The largest absolute Gasteiger partial charge is 0.490 e. The number of rotatable bonds is 2. The highest BCUT2D eigenvalue weighted by atomic mass is 35.5. The first-order valence-corrected chi connectivity index (χ1v) is 18.5. The summed E-state index contributed by atoms with van der Waals surface area (Å²) in [5.41, 5.74) is 1.92. The van der Waals surface area contributed by atoms with E-state index in [4.69, 9.17) is 21.1 Å². The number of carbonyl (C=O) groups is 2. The number of carbonyl (C=O) groups excluding carboxylic acids is 2. The number of ether oxygens (including phenoxy) is 2. The van der Waals surface area contributed by atoms with E-state index in [2.05, 4.69) is 21.8 Å². The molecule has 0 unspecified atom stereocenters. The zero-order chi connectivity index (χ0) is 33.7. The van der Waals surface area contributed by atoms with Crippen molar-refractivity contribution in [1.29, 1.82) is 0 Å². The van der Waals surface area contributed by atoms with Gasteiger partial charge in [0.25, 0.3) is 11.8 Å². The Labute approximate surface area is 283 Å². The van der Waals surface area contributed by atoms with Gasteiger partial charge in [-0.25, -0.2) is 13.1 Å². The van der Waals surface area contributed by atoms with E-state index in [0.717, 1.165) is 37.8 Å². The third-order valence-corrected chi connectivity index (χ3v) is 13.3. The summed E-state index contributed by atoms with van der Waals surface area (Å²) >= 11 is 6.43. The molecule has 0 radical (unpaired) electrons. The first-order valence-electron chi connectivity index (χ1n) is 16.6. The average molecular weight is 684 g/mol. The summed E-state index contributed by atoms with van der Waals surface area (Å²) < 4.78 is 41.9. The second-order valence-electron chi connectivity index (χ2n) is 14.2. The first-order chi connectivity index (χ1) is 22.3. The Bertz CT molecular complexity index is 1700. The van der Waals surface area contributed by atoms with Crippen LogP contribution in [0.25, 0.3) is 0 Å². The predicted molar refractivity (Wildman–Crippen MR) is 184 cm³/mol. The number of hydrogen-bond donors (Lipinski definition) is 1. The van der Waals surface area contributed by atoms with Crippen LogP contribution in [0.5, 0.6) is 5.75 Å². The van der Waals surface area contributed by atoms with E-state index in [1.807, 2.05) is 25.1 Å². The third kappa shape index (κ3) is 6.06. The summed E-state index contributed by atoms with van der Waals surface area (Å²) in [5.74, 6) is -0.473. The smallest absolute Gasteiger partial charge is 0.264 e. The van der Waals surface area contributed by atoms with E-state index in [1.54, 1.807) is 51.2 Å². The Balaban J connectivity index is 1.48. The molecule has 2 aliphatic carbocycles. The molecule has 4 aliphatic rings. The molecule has 2 bridgehead atoms. The van der Waals surface area contributed by atoms with Crippen LogP contribution in [0.4, 0.5) is 5.69 Å². The van der Waals surface area contributed by atoms with Gasteiger partial charge in [0.15, 0.2) is 5.60 Å². The minimum atomic E-state index is -4.00. The van der Waals surface area contributed by atoms with Crippen LogP contribution in [0, 0.1) is 17.8 Å². The molecule has 2 aromatic carbocycles. The molecule has 11 heteroatoms. The van der Waals surface area contributed by atoms with E-state index < -0.39 is 26.8 Å². The lowest BCUT2D eigenvalue weighted by Crippen LogP contribution is -2.59. The van der Waals surface area contributed by atoms with Crippen molar-refractivity contribution in [3.8, 4) is 5.75 Å². The molecule has 2 heterocycles. The highest BCUT2D eigenvalue weighted by molar-refractivity contribution is 7.90. The molecule has 2 aromatic rings. The van der Waals surface area contributed by atoms with Crippen LogP contribution in [0.15, 0.2) is 48.6 Å². The summed E-state index contributed by atoms with van der Waals surface area (Å²) in [6.45, 7) is 5.14. The highest BCUT2D eigenvalue weighted by Crippen LogP contribution is 2.49. The molecule has 254 valence electrons. The summed E-state index contributed by atoms with van der Waals surface area (Å²) in [5, 5.41) is -0.146. The van der Waals surface area contributed by atoms with Crippen molar-refractivity contribution in [2.24, 2.45) is 17.8 Å². The van der Waals surface area contributed by atoms with Crippen molar-refractivity contribution in [3.05, 3.63) is 70.3 Å². The Morgan fingerprint density at radius 1 is 1.15 bits per heavy atom. The van der Waals surface area contributed by atoms with Gasteiger partial charge in [-0.1, -0.05) is 30.7 Å². The van der Waals surface area contributed by atoms with Crippen molar-refractivity contribution in [1.82, 2.24) is 9.62 Å². The van der Waals surface area contributed by atoms with E-state index in [9.17, 15) is 18.0 Å². The first kappa shape index (κ1) is 33.8. The topological polar surface area (TPSA) is 105 Å². The second-order valence-corrected chi connectivity index (χ2v) is 16.7. The Hall–Kier alpha value is -3.08. The average Bonchev–Trinajstić information content (AvgIpc) is 3.17. The molecule has 1 fully saturated rings. The number of amides is 2. The summed E-state index contributed by atoms with van der Waals surface area (Å²) in [6.07, 6.45) is 8.72. The van der Waals surface area contributed by atoms with Crippen LogP contribution < -0.4 is 14.4 Å². The lowest BCUT2D eigenvalue weighted by atomic mass is 9.63. The number of methoxy groups -OCH3 is 1. The molecule has 0 aromatic heterocycles. The summed E-state index contributed by atoms with van der Waals surface area (Å²) in [4.78, 5) is 31.3. The summed E-state index contributed by atoms with van der Waals surface area (Å²) in [6, 6.07) is 11.3. The van der Waals surface area contributed by atoms with E-state index >= 15 is 0 Å². The van der Waals surface area contributed by atoms with Crippen LogP contribution in [0.2, 0.25) is 5.02 Å². The number of benzene rings is 2. The zero-order valence-corrected chi connectivity index (χ0v) is 29.5. The van der Waals surface area contributed by atoms with Crippen LogP contribution in [-0.4, -0.2) is 76.9 Å². The maximum absolute atomic E-state index is 13.9. The number of sulfonamides is 1. The Kier molecular flexibility index (Phi) is 9.17. The number of halogens is 1. The number of aryl methyl sites for hydroxylation is 1. The van der Waals surface area contributed by atoms with E-state index in [1.165, 1.54) is 11.1 Å². The molecule has 2 amide bonds. The van der Waals surface area contributed by atoms with Gasteiger partial charge < -0.3 is 19.3 Å². The normalized spacial score (nSPS) is 32.5. The molecular weight excluding hydrogens is 638 g/mol. The van der Waals surface area contributed by atoms with Gasteiger partial charge >= 0.3 is 0 Å². The SMILES string of the molecule is CO[C@@]1(C(=O)N(C)C)/C=C/C[C@H](C)[C@@H](C)S(=O)(=O)NC(=O)c2ccc3c(c2)N(C[C@@H]2CC[C@H]21)C[C@@]1(CCCc2cc(Cl)ccc21)CO3. The van der Waals surface area contributed by atoms with Crippen molar-refractivity contribution >= 4 is 39.1 Å². The van der Waals surface area contributed by atoms with Crippen LogP contribution in [0.1, 0.15) is 67.4 Å². The fraction of sp³-hybridized carbons (Fsp3) is 0.556. The minimum absolute atomic E-state index is 0.101. The molecule has 2 aliphatic heterocycles. The molecule has 1 N–H and O–H groups in total. The Morgan fingerprint density at radius 3 is 2.64 bits per heavy atom. The number of anilines is 1.